The van der Waals surface area contributed by atoms with Crippen LogP contribution in [0.15, 0.2) is 48.8 Å². The molecular weight excluding hydrogens is 352 g/mol. The number of nitrogens with one attached hydrogen (secondary N) is 1. The molecule has 0 spiro atoms. The van der Waals surface area contributed by atoms with E-state index >= 15 is 0 Å². The first kappa shape index (κ1) is 19.7. The van der Waals surface area contributed by atoms with Crippen LogP contribution in [0.3, 0.4) is 0 Å². The summed E-state index contributed by atoms with van der Waals surface area (Å²) in [6.07, 6.45) is 5.46. The maximum atomic E-state index is 12.5. The molecule has 0 aliphatic rings. The van der Waals surface area contributed by atoms with Crippen molar-refractivity contribution in [2.24, 2.45) is 7.05 Å². The monoisotopic (exact) mass is 380 g/mol. The number of amides is 2. The smallest absolute Gasteiger partial charge is 0.317 e. The molecule has 0 fully saturated rings. The summed E-state index contributed by atoms with van der Waals surface area (Å²) in [5.41, 5.74) is 1.08. The van der Waals surface area contributed by atoms with Crippen molar-refractivity contribution in [1.82, 2.24) is 19.8 Å². The van der Waals surface area contributed by atoms with Crippen LogP contribution in [-0.2, 0) is 13.5 Å². The van der Waals surface area contributed by atoms with Crippen molar-refractivity contribution in [1.29, 1.82) is 0 Å². The molecule has 1 heterocycles. The van der Waals surface area contributed by atoms with Gasteiger partial charge in [-0.05, 0) is 47.9 Å². The largest absolute Gasteiger partial charge is 0.497 e. The average Bonchev–Trinajstić information content (AvgIpc) is 3.11. The molecule has 0 saturated heterocycles. The third-order valence-corrected chi connectivity index (χ3v) is 5.07. The topological polar surface area (TPSA) is 59.4 Å². The number of hydrogen-bond acceptors (Lipinski definition) is 3. The van der Waals surface area contributed by atoms with Gasteiger partial charge in [-0.3, -0.25) is 0 Å². The number of ether oxygens (including phenoxy) is 1. The summed E-state index contributed by atoms with van der Waals surface area (Å²) in [4.78, 5) is 18.6. The van der Waals surface area contributed by atoms with E-state index in [1.54, 1.807) is 18.2 Å². The van der Waals surface area contributed by atoms with Gasteiger partial charge < -0.3 is 19.5 Å². The van der Waals surface area contributed by atoms with Crippen molar-refractivity contribution in [3.63, 3.8) is 0 Å². The molecule has 2 amide bonds. The van der Waals surface area contributed by atoms with Gasteiger partial charge in [0.25, 0.3) is 0 Å². The Morgan fingerprint density at radius 3 is 2.71 bits per heavy atom. The zero-order valence-corrected chi connectivity index (χ0v) is 17.0. The minimum atomic E-state index is -0.0732. The van der Waals surface area contributed by atoms with Crippen LogP contribution in [0.25, 0.3) is 10.8 Å². The van der Waals surface area contributed by atoms with E-state index < -0.39 is 0 Å². The zero-order valence-electron chi connectivity index (χ0n) is 17.0. The number of benzene rings is 2. The van der Waals surface area contributed by atoms with Gasteiger partial charge in [-0.15, -0.1) is 0 Å². The summed E-state index contributed by atoms with van der Waals surface area (Å²) >= 11 is 0. The molecular formula is C22H28N4O2. The van der Waals surface area contributed by atoms with Crippen LogP contribution in [0.4, 0.5) is 4.79 Å². The van der Waals surface area contributed by atoms with Gasteiger partial charge in [-0.1, -0.05) is 18.2 Å². The minimum absolute atomic E-state index is 0.0674. The molecule has 148 valence electrons. The number of fused-ring (bicyclic) bond motifs is 1. The number of aromatic nitrogens is 2. The molecule has 28 heavy (non-hydrogen) atoms. The van der Waals surface area contributed by atoms with Gasteiger partial charge in [-0.25, -0.2) is 9.78 Å². The molecule has 6 heteroatoms. The lowest BCUT2D eigenvalue weighted by Gasteiger charge is -2.22. The third kappa shape index (κ3) is 4.63. The van der Waals surface area contributed by atoms with E-state index in [1.807, 2.05) is 56.0 Å². The quantitative estimate of drug-likeness (QED) is 0.676. The van der Waals surface area contributed by atoms with Crippen LogP contribution < -0.4 is 10.1 Å². The Balaban J connectivity index is 1.55. The Morgan fingerprint density at radius 2 is 2.00 bits per heavy atom. The van der Waals surface area contributed by atoms with E-state index in [0.717, 1.165) is 40.8 Å². The fourth-order valence-corrected chi connectivity index (χ4v) is 3.23. The van der Waals surface area contributed by atoms with Crippen molar-refractivity contribution in [3.05, 3.63) is 60.2 Å². The molecule has 3 aromatic rings. The standard InChI is InChI=1S/C22H28N4O2/c1-16(17-7-8-19-15-20(28-4)10-9-18(19)14-17)24-22(27)26(3)12-5-6-21-23-11-13-25(21)2/h7-11,13-16H,5-6,12H2,1-4H3,(H,24,27)/t16-/m0/s1. The number of carbonyl (C=O) groups is 1. The van der Waals surface area contributed by atoms with E-state index in [9.17, 15) is 4.79 Å². The highest BCUT2D eigenvalue weighted by Gasteiger charge is 2.14. The average molecular weight is 380 g/mol. The summed E-state index contributed by atoms with van der Waals surface area (Å²) in [6, 6.07) is 12.1. The number of methoxy groups -OCH3 is 1. The van der Waals surface area contributed by atoms with Gasteiger partial charge in [0.1, 0.15) is 11.6 Å². The first-order valence-electron chi connectivity index (χ1n) is 9.53. The Bertz CT molecular complexity index is 951. The second kappa shape index (κ2) is 8.78. The maximum absolute atomic E-state index is 12.5. The summed E-state index contributed by atoms with van der Waals surface area (Å²) in [5.74, 6) is 1.88. The number of nitrogens with zero attached hydrogens (tertiary/aromatic N) is 3. The van der Waals surface area contributed by atoms with Crippen molar-refractivity contribution in [2.45, 2.75) is 25.8 Å². The molecule has 3 rings (SSSR count). The fraction of sp³-hybridized carbons (Fsp3) is 0.364. The molecule has 0 bridgehead atoms. The van der Waals surface area contributed by atoms with Crippen LogP contribution in [-0.4, -0.2) is 41.2 Å². The first-order chi connectivity index (χ1) is 13.5. The van der Waals surface area contributed by atoms with Gasteiger partial charge in [0, 0.05) is 39.5 Å². The molecule has 1 N–H and O–H groups in total. The number of urea groups is 1. The number of aryl methyl sites for hydroxylation is 2. The number of rotatable bonds is 7. The van der Waals surface area contributed by atoms with Crippen molar-refractivity contribution in [2.75, 3.05) is 20.7 Å². The van der Waals surface area contributed by atoms with Crippen LogP contribution in [0, 0.1) is 0 Å². The summed E-state index contributed by atoms with van der Waals surface area (Å²) in [6.45, 7) is 2.69. The Labute approximate surface area is 166 Å². The molecule has 1 aromatic heterocycles. The molecule has 0 unspecified atom stereocenters. The SMILES string of the molecule is COc1ccc2cc([C@H](C)NC(=O)N(C)CCCc3nccn3C)ccc2c1. The maximum Gasteiger partial charge on any atom is 0.317 e. The zero-order chi connectivity index (χ0) is 20.1. The van der Waals surface area contributed by atoms with Gasteiger partial charge in [-0.2, -0.15) is 0 Å². The van der Waals surface area contributed by atoms with Crippen LogP contribution >= 0.6 is 0 Å². The predicted molar refractivity (Wildman–Crippen MR) is 112 cm³/mol. The summed E-state index contributed by atoms with van der Waals surface area (Å²) < 4.78 is 7.28. The lowest BCUT2D eigenvalue weighted by molar-refractivity contribution is 0.205. The Morgan fingerprint density at radius 1 is 1.25 bits per heavy atom. The van der Waals surface area contributed by atoms with E-state index in [2.05, 4.69) is 22.4 Å². The van der Waals surface area contributed by atoms with Crippen molar-refractivity contribution < 1.29 is 9.53 Å². The van der Waals surface area contributed by atoms with E-state index in [4.69, 9.17) is 4.74 Å². The van der Waals surface area contributed by atoms with Gasteiger partial charge in [0.15, 0.2) is 0 Å². The lowest BCUT2D eigenvalue weighted by Crippen LogP contribution is -2.39. The van der Waals surface area contributed by atoms with Gasteiger partial charge in [0.2, 0.25) is 0 Å². The minimum Gasteiger partial charge on any atom is -0.497 e. The molecule has 0 aliphatic heterocycles. The highest BCUT2D eigenvalue weighted by Crippen LogP contribution is 2.24. The highest BCUT2D eigenvalue weighted by molar-refractivity contribution is 5.85. The van der Waals surface area contributed by atoms with Gasteiger partial charge >= 0.3 is 6.03 Å². The number of imidazole rings is 1. The van der Waals surface area contributed by atoms with Crippen LogP contribution in [0.2, 0.25) is 0 Å². The van der Waals surface area contributed by atoms with E-state index in [1.165, 1.54) is 0 Å². The Kier molecular flexibility index (Phi) is 6.19. The second-order valence-electron chi connectivity index (χ2n) is 7.12. The normalized spacial score (nSPS) is 12.0. The van der Waals surface area contributed by atoms with Crippen LogP contribution in [0.5, 0.6) is 5.75 Å². The number of carbonyl (C=O) groups excluding carboxylic acids is 1. The Hall–Kier alpha value is -3.02. The predicted octanol–water partition coefficient (Wildman–Crippen LogP) is 3.92. The molecule has 6 nitrogen and oxygen atoms in total. The molecule has 0 saturated carbocycles. The number of hydrogen-bond donors (Lipinski definition) is 1. The fourth-order valence-electron chi connectivity index (χ4n) is 3.23. The highest BCUT2D eigenvalue weighted by atomic mass is 16.5. The van der Waals surface area contributed by atoms with Crippen molar-refractivity contribution in [3.8, 4) is 5.75 Å². The van der Waals surface area contributed by atoms with E-state index in [-0.39, 0.29) is 12.1 Å². The van der Waals surface area contributed by atoms with Crippen LogP contribution in [0.1, 0.15) is 30.8 Å². The summed E-state index contributed by atoms with van der Waals surface area (Å²) in [7, 11) is 5.48. The van der Waals surface area contributed by atoms with Gasteiger partial charge in [0.05, 0.1) is 13.2 Å². The molecule has 2 aromatic carbocycles. The second-order valence-corrected chi connectivity index (χ2v) is 7.12. The molecule has 0 radical (unpaired) electrons. The summed E-state index contributed by atoms with van der Waals surface area (Å²) in [5, 5.41) is 5.33. The van der Waals surface area contributed by atoms with E-state index in [0.29, 0.717) is 6.54 Å². The lowest BCUT2D eigenvalue weighted by atomic mass is 10.0. The van der Waals surface area contributed by atoms with Crippen molar-refractivity contribution >= 4 is 16.8 Å². The third-order valence-electron chi connectivity index (χ3n) is 5.07. The first-order valence-corrected chi connectivity index (χ1v) is 9.53. The molecule has 1 atom stereocenters. The molecule has 0 aliphatic carbocycles.